The Kier molecular flexibility index (Phi) is 22.2. The van der Waals surface area contributed by atoms with Gasteiger partial charge in [-0.15, -0.1) is 0 Å². The Balaban J connectivity index is -0.000000188. The second kappa shape index (κ2) is 17.1. The second-order valence-corrected chi connectivity index (χ2v) is 3.99. The van der Waals surface area contributed by atoms with Crippen molar-refractivity contribution < 1.29 is 19.8 Å². The summed E-state index contributed by atoms with van der Waals surface area (Å²) >= 11 is 2.28. The first-order valence-electron chi connectivity index (χ1n) is 5.04. The van der Waals surface area contributed by atoms with Crippen LogP contribution in [0.2, 0.25) is 0 Å². The summed E-state index contributed by atoms with van der Waals surface area (Å²) in [5.41, 5.74) is 0. The summed E-state index contributed by atoms with van der Waals surface area (Å²) in [6.45, 7) is 3.07. The molecule has 0 aliphatic carbocycles. The van der Waals surface area contributed by atoms with Gasteiger partial charge < -0.3 is 19.8 Å². The van der Waals surface area contributed by atoms with Gasteiger partial charge in [-0.05, 0) is 47.6 Å². The fraction of sp³-hybridized carbons (Fsp3) is 0.333. The van der Waals surface area contributed by atoms with Gasteiger partial charge in [-0.1, -0.05) is 32.0 Å². The van der Waals surface area contributed by atoms with E-state index < -0.39 is 11.9 Å². The molecule has 0 unspecified atom stereocenters. The molecule has 0 radical (unpaired) electrons. The standard InChI is InChI=1S/C6H5I.2C3H6O2.Ca/c7-6-4-2-1-3-5-6;2*1-2-3(4)5;/h1-5H;2*2H2,1H3,(H,4,5);/q;;;+2/p-2. The maximum absolute atomic E-state index is 9.26. The van der Waals surface area contributed by atoms with Gasteiger partial charge >= 0.3 is 37.7 Å². The molecular formula is C12H15CaIO4. The van der Waals surface area contributed by atoms with Crippen molar-refractivity contribution in [1.29, 1.82) is 0 Å². The molecule has 1 aromatic carbocycles. The van der Waals surface area contributed by atoms with E-state index in [4.69, 9.17) is 0 Å². The van der Waals surface area contributed by atoms with E-state index in [0.717, 1.165) is 0 Å². The van der Waals surface area contributed by atoms with Crippen LogP contribution in [0.15, 0.2) is 30.3 Å². The second-order valence-electron chi connectivity index (χ2n) is 2.75. The molecule has 0 aliphatic heterocycles. The molecule has 0 saturated heterocycles. The number of carbonyl (C=O) groups is 2. The number of benzene rings is 1. The fourth-order valence-corrected chi connectivity index (χ4v) is 0.830. The van der Waals surface area contributed by atoms with E-state index in [1.807, 2.05) is 18.2 Å². The third kappa shape index (κ3) is 25.1. The first kappa shape index (κ1) is 23.3. The predicted molar refractivity (Wildman–Crippen MR) is 75.5 cm³/mol. The third-order valence-corrected chi connectivity index (χ3v) is 2.03. The van der Waals surface area contributed by atoms with Gasteiger partial charge in [0.2, 0.25) is 0 Å². The van der Waals surface area contributed by atoms with Crippen molar-refractivity contribution in [2.45, 2.75) is 26.7 Å². The molecule has 0 atom stereocenters. The zero-order valence-corrected chi connectivity index (χ0v) is 14.9. The molecule has 4 nitrogen and oxygen atoms in total. The molecule has 0 aromatic heterocycles. The molecule has 0 amide bonds. The number of carboxylic acid groups (broad SMARTS) is 2. The maximum Gasteiger partial charge on any atom is 2.00 e. The van der Waals surface area contributed by atoms with Gasteiger partial charge in [0, 0.05) is 15.5 Å². The van der Waals surface area contributed by atoms with E-state index in [2.05, 4.69) is 34.7 Å². The molecule has 0 aliphatic rings. The quantitative estimate of drug-likeness (QED) is 0.534. The summed E-state index contributed by atoms with van der Waals surface area (Å²) in [4.78, 5) is 18.5. The van der Waals surface area contributed by atoms with Crippen molar-refractivity contribution in [3.63, 3.8) is 0 Å². The Morgan fingerprint density at radius 3 is 1.39 bits per heavy atom. The molecule has 0 heterocycles. The summed E-state index contributed by atoms with van der Waals surface area (Å²) in [6, 6.07) is 10.2. The van der Waals surface area contributed by atoms with Gasteiger partial charge in [0.05, 0.1) is 0 Å². The number of halogens is 1. The number of aliphatic carboxylic acids is 2. The van der Waals surface area contributed by atoms with Crippen molar-refractivity contribution in [2.75, 3.05) is 0 Å². The summed E-state index contributed by atoms with van der Waals surface area (Å²) in [5.74, 6) is -1.99. The predicted octanol–water partition coefficient (Wildman–Crippen LogP) is 0.203. The summed E-state index contributed by atoms with van der Waals surface area (Å²) < 4.78 is 1.29. The van der Waals surface area contributed by atoms with Gasteiger partial charge in [0.15, 0.2) is 0 Å². The molecule has 0 spiro atoms. The van der Waals surface area contributed by atoms with E-state index in [1.54, 1.807) is 0 Å². The first-order chi connectivity index (χ1) is 7.93. The van der Waals surface area contributed by atoms with Crippen LogP contribution in [0.5, 0.6) is 0 Å². The Hall–Kier alpha value is 0.150. The normalized spacial score (nSPS) is 7.50. The molecule has 18 heavy (non-hydrogen) atoms. The van der Waals surface area contributed by atoms with Crippen molar-refractivity contribution >= 4 is 72.3 Å². The molecule has 96 valence electrons. The third-order valence-electron chi connectivity index (χ3n) is 1.31. The van der Waals surface area contributed by atoms with Crippen LogP contribution in [0.25, 0.3) is 0 Å². The number of rotatable bonds is 2. The number of hydrogen-bond acceptors (Lipinski definition) is 4. The summed E-state index contributed by atoms with van der Waals surface area (Å²) in [5, 5.41) is 18.5. The number of carboxylic acids is 2. The molecule has 6 heteroatoms. The van der Waals surface area contributed by atoms with Crippen LogP contribution in [0.1, 0.15) is 26.7 Å². The molecule has 1 aromatic rings. The zero-order chi connectivity index (χ0) is 13.7. The minimum Gasteiger partial charge on any atom is -0.550 e. The molecule has 0 saturated carbocycles. The number of hydrogen-bond donors (Lipinski definition) is 0. The monoisotopic (exact) mass is 390 g/mol. The van der Waals surface area contributed by atoms with Crippen LogP contribution in [0.3, 0.4) is 0 Å². The van der Waals surface area contributed by atoms with Crippen LogP contribution in [-0.2, 0) is 9.59 Å². The zero-order valence-electron chi connectivity index (χ0n) is 10.5. The minimum atomic E-state index is -0.995. The van der Waals surface area contributed by atoms with E-state index in [9.17, 15) is 19.8 Å². The molecular weight excluding hydrogens is 375 g/mol. The Bertz CT molecular complexity index is 303. The summed E-state index contributed by atoms with van der Waals surface area (Å²) in [6.07, 6.45) is 0.222. The van der Waals surface area contributed by atoms with Gasteiger partial charge in [-0.2, -0.15) is 0 Å². The smallest absolute Gasteiger partial charge is 0.550 e. The van der Waals surface area contributed by atoms with Crippen LogP contribution in [-0.4, -0.2) is 49.7 Å². The van der Waals surface area contributed by atoms with Crippen molar-refractivity contribution in [3.8, 4) is 0 Å². The van der Waals surface area contributed by atoms with Gasteiger partial charge in [0.1, 0.15) is 0 Å². The minimum absolute atomic E-state index is 0. The van der Waals surface area contributed by atoms with E-state index in [1.165, 1.54) is 17.4 Å². The van der Waals surface area contributed by atoms with Crippen molar-refractivity contribution in [1.82, 2.24) is 0 Å². The first-order valence-corrected chi connectivity index (χ1v) is 6.12. The average molecular weight is 390 g/mol. The molecule has 0 fully saturated rings. The number of carbonyl (C=O) groups excluding carboxylic acids is 2. The van der Waals surface area contributed by atoms with Gasteiger partial charge in [0.25, 0.3) is 0 Å². The van der Waals surface area contributed by atoms with Gasteiger partial charge in [-0.3, -0.25) is 0 Å². The fourth-order valence-electron chi connectivity index (χ4n) is 0.415. The Morgan fingerprint density at radius 1 is 1.00 bits per heavy atom. The molecule has 1 rings (SSSR count). The molecule has 0 N–H and O–H groups in total. The topological polar surface area (TPSA) is 80.3 Å². The Labute approximate surface area is 151 Å². The van der Waals surface area contributed by atoms with Crippen LogP contribution < -0.4 is 10.2 Å². The largest absolute Gasteiger partial charge is 2.00 e. The van der Waals surface area contributed by atoms with Crippen LogP contribution in [0.4, 0.5) is 0 Å². The van der Waals surface area contributed by atoms with Crippen molar-refractivity contribution in [2.24, 2.45) is 0 Å². The van der Waals surface area contributed by atoms with Gasteiger partial charge in [-0.25, -0.2) is 0 Å². The van der Waals surface area contributed by atoms with E-state index in [-0.39, 0.29) is 50.6 Å². The van der Waals surface area contributed by atoms with Crippen molar-refractivity contribution in [3.05, 3.63) is 33.9 Å². The van der Waals surface area contributed by atoms with E-state index in [0.29, 0.717) is 0 Å². The average Bonchev–Trinajstić information content (AvgIpc) is 2.31. The van der Waals surface area contributed by atoms with E-state index >= 15 is 0 Å². The summed E-state index contributed by atoms with van der Waals surface area (Å²) in [7, 11) is 0. The molecule has 0 bridgehead atoms. The SMILES string of the molecule is CCC(=O)[O-].CCC(=O)[O-].Ic1ccccc1.[Ca+2]. The maximum atomic E-state index is 9.26. The Morgan fingerprint density at radius 2 is 1.28 bits per heavy atom. The van der Waals surface area contributed by atoms with Crippen LogP contribution >= 0.6 is 22.6 Å². The van der Waals surface area contributed by atoms with Crippen LogP contribution in [0, 0.1) is 3.57 Å².